The number of unbranched alkanes of at least 4 members (excludes halogenated alkanes) is 1. The van der Waals surface area contributed by atoms with Crippen LogP contribution in [-0.2, 0) is 11.3 Å². The van der Waals surface area contributed by atoms with Crippen LogP contribution in [0.4, 0.5) is 0 Å². The van der Waals surface area contributed by atoms with Crippen LogP contribution >= 0.6 is 0 Å². The van der Waals surface area contributed by atoms with Crippen LogP contribution < -0.4 is 15.5 Å². The predicted octanol–water partition coefficient (Wildman–Crippen LogP) is 3.43. The average Bonchev–Trinajstić information content (AvgIpc) is 2.79. The lowest BCUT2D eigenvalue weighted by Gasteiger charge is -2.37. The van der Waals surface area contributed by atoms with Crippen LogP contribution in [0.25, 0.3) is 10.9 Å². The number of carbonyl (C=O) groups is 1. The monoisotopic (exact) mass is 443 g/mol. The molecule has 7 nitrogen and oxygen atoms in total. The van der Waals surface area contributed by atoms with Crippen LogP contribution in [0.5, 0.6) is 5.75 Å². The van der Waals surface area contributed by atoms with Gasteiger partial charge in [-0.15, -0.1) is 0 Å². The van der Waals surface area contributed by atoms with Crippen LogP contribution in [-0.4, -0.2) is 60.9 Å². The highest BCUT2D eigenvalue weighted by atomic mass is 16.5. The van der Waals surface area contributed by atoms with Crippen molar-refractivity contribution in [1.82, 2.24) is 14.8 Å². The van der Waals surface area contributed by atoms with Gasteiger partial charge in [0.05, 0.1) is 12.1 Å². The van der Waals surface area contributed by atoms with Crippen molar-refractivity contribution in [3.05, 3.63) is 40.2 Å². The topological polar surface area (TPSA) is 72.8 Å². The summed E-state index contributed by atoms with van der Waals surface area (Å²) in [6.07, 6.45) is 5.53. The maximum Gasteiger partial charge on any atom is 0.259 e. The zero-order valence-corrected chi connectivity index (χ0v) is 19.9. The van der Waals surface area contributed by atoms with E-state index in [0.29, 0.717) is 25.1 Å². The first kappa shape index (κ1) is 24.3. The Morgan fingerprint density at radius 1 is 1.31 bits per heavy atom. The molecular formula is C25H37N3O4. The Morgan fingerprint density at radius 3 is 2.78 bits per heavy atom. The fourth-order valence-corrected chi connectivity index (χ4v) is 4.52. The standard InChI is InChI=1S/C25H37N3O4/c1-5-32-20-10-11-21-23(15-20)27(13-6-7-14-31-4)17-22(24(21)29)25(30)28(18(2)3)19-9-8-12-26-16-19/h10-11,15,17-19,26H,5-9,12-14,16H2,1-4H3/t19-/m1/s1. The van der Waals surface area contributed by atoms with E-state index in [0.717, 1.165) is 50.0 Å². The fraction of sp³-hybridized carbons (Fsp3) is 0.600. The number of fused-ring (bicyclic) bond motifs is 1. The number of piperidine rings is 1. The third kappa shape index (κ3) is 5.51. The van der Waals surface area contributed by atoms with Crippen molar-refractivity contribution in [3.63, 3.8) is 0 Å². The van der Waals surface area contributed by atoms with Gasteiger partial charge in [-0.25, -0.2) is 0 Å². The van der Waals surface area contributed by atoms with E-state index < -0.39 is 0 Å². The molecule has 0 radical (unpaired) electrons. The Morgan fingerprint density at radius 2 is 2.12 bits per heavy atom. The Balaban J connectivity index is 2.04. The minimum Gasteiger partial charge on any atom is -0.494 e. The number of carbonyl (C=O) groups excluding carboxylic acids is 1. The Hall–Kier alpha value is -2.38. The summed E-state index contributed by atoms with van der Waals surface area (Å²) in [7, 11) is 1.69. The summed E-state index contributed by atoms with van der Waals surface area (Å²) >= 11 is 0. The van der Waals surface area contributed by atoms with E-state index in [9.17, 15) is 9.59 Å². The Kier molecular flexibility index (Phi) is 8.70. The average molecular weight is 444 g/mol. The van der Waals surface area contributed by atoms with Gasteiger partial charge in [0.1, 0.15) is 11.3 Å². The van der Waals surface area contributed by atoms with Gasteiger partial charge in [0, 0.05) is 56.5 Å². The maximum absolute atomic E-state index is 13.7. The Bertz CT molecular complexity index is 964. The first-order valence-corrected chi connectivity index (χ1v) is 11.8. The molecule has 0 spiro atoms. The first-order valence-electron chi connectivity index (χ1n) is 11.8. The highest BCUT2D eigenvalue weighted by molar-refractivity contribution is 5.98. The van der Waals surface area contributed by atoms with E-state index in [4.69, 9.17) is 9.47 Å². The van der Waals surface area contributed by atoms with Gasteiger partial charge < -0.3 is 24.3 Å². The molecule has 0 aliphatic carbocycles. The summed E-state index contributed by atoms with van der Waals surface area (Å²) in [5, 5.41) is 3.94. The lowest BCUT2D eigenvalue weighted by atomic mass is 10.0. The van der Waals surface area contributed by atoms with Gasteiger partial charge in [-0.05, 0) is 65.1 Å². The molecule has 1 fully saturated rings. The molecule has 1 aromatic carbocycles. The van der Waals surface area contributed by atoms with E-state index in [1.54, 1.807) is 19.4 Å². The van der Waals surface area contributed by atoms with Gasteiger partial charge in [-0.3, -0.25) is 9.59 Å². The molecule has 1 saturated heterocycles. The number of hydrogen-bond acceptors (Lipinski definition) is 5. The second-order valence-corrected chi connectivity index (χ2v) is 8.68. The summed E-state index contributed by atoms with van der Waals surface area (Å²) in [4.78, 5) is 29.0. The van der Waals surface area contributed by atoms with Crippen molar-refractivity contribution < 1.29 is 14.3 Å². The molecule has 1 atom stereocenters. The minimum atomic E-state index is -0.212. The first-order chi connectivity index (χ1) is 15.5. The molecule has 1 amide bonds. The van der Waals surface area contributed by atoms with E-state index in [-0.39, 0.29) is 29.0 Å². The van der Waals surface area contributed by atoms with Crippen LogP contribution in [0.2, 0.25) is 0 Å². The second-order valence-electron chi connectivity index (χ2n) is 8.68. The van der Waals surface area contributed by atoms with Crippen molar-refractivity contribution in [2.24, 2.45) is 0 Å². The number of amides is 1. The van der Waals surface area contributed by atoms with E-state index in [2.05, 4.69) is 5.32 Å². The minimum absolute atomic E-state index is 0.0120. The highest BCUT2D eigenvalue weighted by Crippen LogP contribution is 2.22. The van der Waals surface area contributed by atoms with E-state index >= 15 is 0 Å². The summed E-state index contributed by atoms with van der Waals surface area (Å²) < 4.78 is 12.9. The molecule has 0 saturated carbocycles. The molecule has 176 valence electrons. The molecule has 7 heteroatoms. The van der Waals surface area contributed by atoms with Crippen molar-refractivity contribution in [3.8, 4) is 5.75 Å². The molecule has 32 heavy (non-hydrogen) atoms. The molecule has 1 aliphatic rings. The number of methoxy groups -OCH3 is 1. The highest BCUT2D eigenvalue weighted by Gasteiger charge is 2.30. The molecule has 1 aliphatic heterocycles. The van der Waals surface area contributed by atoms with Gasteiger partial charge in [-0.1, -0.05) is 0 Å². The van der Waals surface area contributed by atoms with Crippen molar-refractivity contribution in [2.75, 3.05) is 33.4 Å². The fourth-order valence-electron chi connectivity index (χ4n) is 4.52. The number of nitrogens with zero attached hydrogens (tertiary/aromatic N) is 2. The number of rotatable bonds is 10. The van der Waals surface area contributed by atoms with Gasteiger partial charge in [0.2, 0.25) is 5.43 Å². The van der Waals surface area contributed by atoms with Gasteiger partial charge >= 0.3 is 0 Å². The van der Waals surface area contributed by atoms with E-state index in [1.807, 2.05) is 42.4 Å². The zero-order chi connectivity index (χ0) is 23.1. The number of ether oxygens (including phenoxy) is 2. The van der Waals surface area contributed by atoms with Gasteiger partial charge in [-0.2, -0.15) is 0 Å². The van der Waals surface area contributed by atoms with Gasteiger partial charge in [0.25, 0.3) is 5.91 Å². The molecule has 2 aromatic rings. The summed E-state index contributed by atoms with van der Waals surface area (Å²) in [5.74, 6) is 0.543. The number of aryl methyl sites for hydroxylation is 1. The third-order valence-electron chi connectivity index (χ3n) is 6.05. The third-order valence-corrected chi connectivity index (χ3v) is 6.05. The van der Waals surface area contributed by atoms with Crippen LogP contribution in [0, 0.1) is 0 Å². The van der Waals surface area contributed by atoms with Crippen molar-refractivity contribution >= 4 is 16.8 Å². The lowest BCUT2D eigenvalue weighted by Crippen LogP contribution is -2.52. The van der Waals surface area contributed by atoms with Crippen LogP contribution in [0.1, 0.15) is 56.8 Å². The summed E-state index contributed by atoms with van der Waals surface area (Å²) in [6.45, 7) is 9.65. The number of aromatic nitrogens is 1. The van der Waals surface area contributed by atoms with Crippen LogP contribution in [0.15, 0.2) is 29.2 Å². The maximum atomic E-state index is 13.7. The molecule has 1 N–H and O–H groups in total. The predicted molar refractivity (Wildman–Crippen MR) is 128 cm³/mol. The number of pyridine rings is 1. The van der Waals surface area contributed by atoms with Crippen molar-refractivity contribution in [2.45, 2.75) is 65.1 Å². The normalized spacial score (nSPS) is 16.5. The Labute approximate surface area is 190 Å². The zero-order valence-electron chi connectivity index (χ0n) is 19.9. The smallest absolute Gasteiger partial charge is 0.259 e. The molecular weight excluding hydrogens is 406 g/mol. The molecule has 0 unspecified atom stereocenters. The summed E-state index contributed by atoms with van der Waals surface area (Å²) in [5.41, 5.74) is 0.827. The molecule has 1 aromatic heterocycles. The quantitative estimate of drug-likeness (QED) is 0.570. The molecule has 0 bridgehead atoms. The lowest BCUT2D eigenvalue weighted by molar-refractivity contribution is 0.0571. The van der Waals surface area contributed by atoms with Crippen LogP contribution in [0.3, 0.4) is 0 Å². The van der Waals surface area contributed by atoms with Crippen molar-refractivity contribution in [1.29, 1.82) is 0 Å². The van der Waals surface area contributed by atoms with E-state index in [1.165, 1.54) is 0 Å². The SMILES string of the molecule is CCOc1ccc2c(=O)c(C(=O)N(C(C)C)[C@@H]3CCCNC3)cn(CCCCOC)c2c1. The largest absolute Gasteiger partial charge is 0.494 e. The number of nitrogens with one attached hydrogen (secondary N) is 1. The van der Waals surface area contributed by atoms with Gasteiger partial charge in [0.15, 0.2) is 0 Å². The number of benzene rings is 1. The summed E-state index contributed by atoms with van der Waals surface area (Å²) in [6, 6.07) is 5.60. The second kappa shape index (κ2) is 11.5. The number of hydrogen-bond donors (Lipinski definition) is 1. The molecule has 2 heterocycles. The molecule has 3 rings (SSSR count).